The van der Waals surface area contributed by atoms with E-state index in [0.717, 1.165) is 0 Å². The lowest BCUT2D eigenvalue weighted by molar-refractivity contribution is -0.143. The van der Waals surface area contributed by atoms with Crippen LogP contribution >= 0.6 is 12.4 Å². The predicted octanol–water partition coefficient (Wildman–Crippen LogP) is 4.94. The largest absolute Gasteiger partial charge is 0.416 e. The smallest absolute Gasteiger partial charge is 0.388 e. The zero-order chi connectivity index (χ0) is 18.2. The van der Waals surface area contributed by atoms with Crippen LogP contribution in [0.5, 0.6) is 0 Å². The fraction of sp³-hybridized carbons (Fsp3) is 0.600. The summed E-state index contributed by atoms with van der Waals surface area (Å²) in [7, 11) is 0. The van der Waals surface area contributed by atoms with Crippen LogP contribution in [0, 0.1) is 5.41 Å². The summed E-state index contributed by atoms with van der Waals surface area (Å²) in [5, 5.41) is 10.0. The highest BCUT2D eigenvalue weighted by Gasteiger charge is 2.37. The van der Waals surface area contributed by atoms with Gasteiger partial charge in [0.25, 0.3) is 0 Å². The molecule has 2 atom stereocenters. The SMILES string of the molecule is CC(C)(C)[C@H](N)C[C@@H](O)c1cc(C(F)(F)F)cc(C(F)(F)F)c1.Cl. The quantitative estimate of drug-likeness (QED) is 0.730. The van der Waals surface area contributed by atoms with Crippen LogP contribution in [0.1, 0.15) is 50.0 Å². The van der Waals surface area contributed by atoms with Crippen LogP contribution in [-0.2, 0) is 12.4 Å². The van der Waals surface area contributed by atoms with E-state index >= 15 is 0 Å². The molecule has 0 bridgehead atoms. The minimum Gasteiger partial charge on any atom is -0.388 e. The molecule has 2 nitrogen and oxygen atoms in total. The van der Waals surface area contributed by atoms with E-state index in [9.17, 15) is 31.4 Å². The fourth-order valence-electron chi connectivity index (χ4n) is 1.90. The Kier molecular flexibility index (Phi) is 7.18. The van der Waals surface area contributed by atoms with Gasteiger partial charge in [-0.3, -0.25) is 0 Å². The number of hydrogen-bond acceptors (Lipinski definition) is 2. The monoisotopic (exact) mass is 379 g/mol. The molecule has 0 aliphatic heterocycles. The Hall–Kier alpha value is -0.990. The minimum atomic E-state index is -4.94. The number of rotatable bonds is 3. The second-order valence-electron chi connectivity index (χ2n) is 6.56. The molecule has 0 aliphatic carbocycles. The third-order valence-corrected chi connectivity index (χ3v) is 3.58. The van der Waals surface area contributed by atoms with Gasteiger partial charge in [-0.1, -0.05) is 20.8 Å². The molecule has 0 radical (unpaired) electrons. The van der Waals surface area contributed by atoms with E-state index in [4.69, 9.17) is 5.73 Å². The molecular weight excluding hydrogens is 360 g/mol. The van der Waals surface area contributed by atoms with E-state index in [1.165, 1.54) is 0 Å². The first-order valence-corrected chi connectivity index (χ1v) is 6.85. The van der Waals surface area contributed by atoms with Crippen LogP contribution in [-0.4, -0.2) is 11.1 Å². The zero-order valence-electron chi connectivity index (χ0n) is 13.3. The van der Waals surface area contributed by atoms with E-state index in [1.54, 1.807) is 20.8 Å². The lowest BCUT2D eigenvalue weighted by Crippen LogP contribution is -2.36. The van der Waals surface area contributed by atoms with Gasteiger partial charge in [0, 0.05) is 6.04 Å². The summed E-state index contributed by atoms with van der Waals surface area (Å²) < 4.78 is 76.7. The van der Waals surface area contributed by atoms with E-state index in [-0.39, 0.29) is 24.9 Å². The second-order valence-corrected chi connectivity index (χ2v) is 6.56. The molecule has 0 heterocycles. The van der Waals surface area contributed by atoms with Gasteiger partial charge in [0.15, 0.2) is 0 Å². The van der Waals surface area contributed by atoms with Crippen molar-refractivity contribution >= 4 is 12.4 Å². The Balaban J connectivity index is 0.00000529. The standard InChI is InChI=1S/C15H19F6NO.ClH/c1-13(2,3)12(22)7-11(23)8-4-9(14(16,17)18)6-10(5-8)15(19,20)21;/h4-6,11-12,23H,7,22H2,1-3H3;1H/t11-,12-;/m1./s1. The average Bonchev–Trinajstić information content (AvgIpc) is 2.34. The predicted molar refractivity (Wildman–Crippen MR) is 80.7 cm³/mol. The molecular formula is C15H20ClF6NO. The van der Waals surface area contributed by atoms with Crippen LogP contribution in [0.3, 0.4) is 0 Å². The summed E-state index contributed by atoms with van der Waals surface area (Å²) in [4.78, 5) is 0. The van der Waals surface area contributed by atoms with Gasteiger partial charge in [0.1, 0.15) is 0 Å². The van der Waals surface area contributed by atoms with Crippen LogP contribution in [0.2, 0.25) is 0 Å². The van der Waals surface area contributed by atoms with Gasteiger partial charge in [0.2, 0.25) is 0 Å². The Labute approximate surface area is 142 Å². The number of benzene rings is 1. The maximum Gasteiger partial charge on any atom is 0.416 e. The van der Waals surface area contributed by atoms with Crippen molar-refractivity contribution in [2.75, 3.05) is 0 Å². The molecule has 0 fully saturated rings. The molecule has 140 valence electrons. The molecule has 0 spiro atoms. The number of aliphatic hydroxyl groups is 1. The topological polar surface area (TPSA) is 46.2 Å². The average molecular weight is 380 g/mol. The molecule has 0 amide bonds. The van der Waals surface area contributed by atoms with Crippen molar-refractivity contribution in [1.29, 1.82) is 0 Å². The minimum absolute atomic E-state index is 0. The van der Waals surface area contributed by atoms with Gasteiger partial charge in [0.05, 0.1) is 17.2 Å². The third-order valence-electron chi connectivity index (χ3n) is 3.58. The van der Waals surface area contributed by atoms with E-state index in [1.807, 2.05) is 0 Å². The molecule has 0 aliphatic rings. The maximum atomic E-state index is 12.8. The lowest BCUT2D eigenvalue weighted by atomic mass is 9.83. The van der Waals surface area contributed by atoms with Gasteiger partial charge >= 0.3 is 12.4 Å². The first-order chi connectivity index (χ1) is 10.1. The molecule has 0 saturated heterocycles. The highest BCUT2D eigenvalue weighted by molar-refractivity contribution is 5.85. The molecule has 1 aromatic carbocycles. The molecule has 1 aromatic rings. The number of halogens is 7. The molecule has 1 rings (SSSR count). The Morgan fingerprint density at radius 3 is 1.58 bits per heavy atom. The van der Waals surface area contributed by atoms with E-state index < -0.39 is 46.6 Å². The Bertz CT molecular complexity index is 518. The molecule has 9 heteroatoms. The Morgan fingerprint density at radius 1 is 0.917 bits per heavy atom. The number of alkyl halides is 6. The number of aliphatic hydroxyl groups excluding tert-OH is 1. The summed E-state index contributed by atoms with van der Waals surface area (Å²) in [5.74, 6) is 0. The number of hydrogen-bond donors (Lipinski definition) is 2. The number of nitrogens with two attached hydrogens (primary N) is 1. The fourth-order valence-corrected chi connectivity index (χ4v) is 1.90. The van der Waals surface area contributed by atoms with Crippen molar-refractivity contribution in [2.45, 2.75) is 51.7 Å². The van der Waals surface area contributed by atoms with Gasteiger partial charge in [-0.25, -0.2) is 0 Å². The lowest BCUT2D eigenvalue weighted by Gasteiger charge is -2.29. The van der Waals surface area contributed by atoms with Crippen LogP contribution in [0.15, 0.2) is 18.2 Å². The van der Waals surface area contributed by atoms with E-state index in [2.05, 4.69) is 0 Å². The summed E-state index contributed by atoms with van der Waals surface area (Å²) in [6.07, 6.45) is -11.6. The van der Waals surface area contributed by atoms with Crippen molar-refractivity contribution in [3.63, 3.8) is 0 Å². The van der Waals surface area contributed by atoms with Gasteiger partial charge < -0.3 is 10.8 Å². The van der Waals surface area contributed by atoms with Crippen molar-refractivity contribution in [2.24, 2.45) is 11.1 Å². The summed E-state index contributed by atoms with van der Waals surface area (Å²) in [6, 6.07) is 0.478. The second kappa shape index (κ2) is 7.49. The summed E-state index contributed by atoms with van der Waals surface area (Å²) in [6.45, 7) is 5.28. The zero-order valence-corrected chi connectivity index (χ0v) is 14.1. The summed E-state index contributed by atoms with van der Waals surface area (Å²) >= 11 is 0. The highest BCUT2D eigenvalue weighted by atomic mass is 35.5. The molecule has 3 N–H and O–H groups in total. The van der Waals surface area contributed by atoms with Crippen molar-refractivity contribution in [1.82, 2.24) is 0 Å². The highest BCUT2D eigenvalue weighted by Crippen LogP contribution is 2.38. The summed E-state index contributed by atoms with van der Waals surface area (Å²) in [5.41, 5.74) is 2.03. The van der Waals surface area contributed by atoms with Gasteiger partial charge in [-0.2, -0.15) is 26.3 Å². The van der Waals surface area contributed by atoms with Crippen LogP contribution in [0.25, 0.3) is 0 Å². The van der Waals surface area contributed by atoms with Crippen molar-refractivity contribution in [3.8, 4) is 0 Å². The van der Waals surface area contributed by atoms with Crippen LogP contribution in [0.4, 0.5) is 26.3 Å². The first-order valence-electron chi connectivity index (χ1n) is 6.85. The molecule has 0 saturated carbocycles. The maximum absolute atomic E-state index is 12.8. The molecule has 0 unspecified atom stereocenters. The van der Waals surface area contributed by atoms with Gasteiger partial charge in [-0.15, -0.1) is 12.4 Å². The third kappa shape index (κ3) is 6.14. The van der Waals surface area contributed by atoms with Crippen molar-refractivity contribution < 1.29 is 31.4 Å². The van der Waals surface area contributed by atoms with E-state index in [0.29, 0.717) is 12.1 Å². The first kappa shape index (κ1) is 23.0. The van der Waals surface area contributed by atoms with Gasteiger partial charge in [-0.05, 0) is 35.6 Å². The normalized spacial score (nSPS) is 15.6. The van der Waals surface area contributed by atoms with Crippen LogP contribution < -0.4 is 5.73 Å². The Morgan fingerprint density at radius 2 is 1.29 bits per heavy atom. The molecule has 24 heavy (non-hydrogen) atoms. The van der Waals surface area contributed by atoms with Crippen molar-refractivity contribution in [3.05, 3.63) is 34.9 Å². The molecule has 0 aromatic heterocycles.